The third-order valence-corrected chi connectivity index (χ3v) is 4.21. The molecule has 2 aromatic carbocycles. The summed E-state index contributed by atoms with van der Waals surface area (Å²) < 4.78 is 4.90. The lowest BCUT2D eigenvalue weighted by molar-refractivity contribution is -0.120. The smallest absolute Gasteiger partial charge is 0.323 e. The van der Waals surface area contributed by atoms with Gasteiger partial charge in [-0.2, -0.15) is 0 Å². The molecule has 3 amide bonds. The van der Waals surface area contributed by atoms with Crippen LogP contribution in [0.3, 0.4) is 0 Å². The van der Waals surface area contributed by atoms with Crippen molar-refractivity contribution in [3.8, 4) is 0 Å². The molecule has 6 nitrogen and oxygen atoms in total. The maximum absolute atomic E-state index is 12.2. The molecule has 0 atom stereocenters. The number of benzene rings is 2. The fourth-order valence-corrected chi connectivity index (χ4v) is 2.59. The van der Waals surface area contributed by atoms with E-state index >= 15 is 0 Å². The van der Waals surface area contributed by atoms with Gasteiger partial charge in [0.2, 0.25) is 5.91 Å². The molecule has 28 heavy (non-hydrogen) atoms. The van der Waals surface area contributed by atoms with Crippen LogP contribution in [-0.4, -0.2) is 32.2 Å². The molecular weight excluding hydrogens is 354 g/mol. The Morgan fingerprint density at radius 3 is 1.93 bits per heavy atom. The van der Waals surface area contributed by atoms with Gasteiger partial charge in [-0.05, 0) is 40.8 Å². The number of nitrogens with one attached hydrogen (secondary N) is 3. The van der Waals surface area contributed by atoms with Gasteiger partial charge in [0.1, 0.15) is 0 Å². The maximum atomic E-state index is 12.2. The van der Waals surface area contributed by atoms with Crippen molar-refractivity contribution >= 4 is 23.3 Å². The molecular formula is C22H29N3O3. The first-order valence-electron chi connectivity index (χ1n) is 9.31. The minimum Gasteiger partial charge on any atom is -0.383 e. The van der Waals surface area contributed by atoms with Crippen LogP contribution in [0.5, 0.6) is 0 Å². The van der Waals surface area contributed by atoms with Gasteiger partial charge in [0.15, 0.2) is 0 Å². The number of carbonyl (C=O) groups excluding carboxylic acids is 2. The van der Waals surface area contributed by atoms with Crippen molar-refractivity contribution in [2.75, 3.05) is 30.9 Å². The summed E-state index contributed by atoms with van der Waals surface area (Å²) in [5.74, 6) is -0.0609. The fraction of sp³-hybridized carbons (Fsp3) is 0.364. The second kappa shape index (κ2) is 9.90. The lowest BCUT2D eigenvalue weighted by Crippen LogP contribution is -2.28. The molecule has 3 N–H and O–H groups in total. The molecule has 0 aliphatic rings. The van der Waals surface area contributed by atoms with Gasteiger partial charge in [-0.1, -0.05) is 45.0 Å². The maximum Gasteiger partial charge on any atom is 0.323 e. The number of hydrogen-bond donors (Lipinski definition) is 3. The van der Waals surface area contributed by atoms with Crippen LogP contribution in [0.15, 0.2) is 48.5 Å². The minimum absolute atomic E-state index is 0.0609. The topological polar surface area (TPSA) is 79.5 Å². The van der Waals surface area contributed by atoms with Crippen LogP contribution in [-0.2, 0) is 21.4 Å². The average molecular weight is 383 g/mol. The van der Waals surface area contributed by atoms with E-state index in [0.717, 1.165) is 11.3 Å². The Morgan fingerprint density at radius 1 is 0.893 bits per heavy atom. The largest absolute Gasteiger partial charge is 0.383 e. The summed E-state index contributed by atoms with van der Waals surface area (Å²) in [6.45, 7) is 7.42. The van der Waals surface area contributed by atoms with Gasteiger partial charge >= 0.3 is 6.03 Å². The van der Waals surface area contributed by atoms with Crippen LogP contribution in [0.25, 0.3) is 0 Å². The third kappa shape index (κ3) is 7.04. The van der Waals surface area contributed by atoms with E-state index in [1.807, 2.05) is 36.4 Å². The summed E-state index contributed by atoms with van der Waals surface area (Å²) in [5.41, 5.74) is 3.55. The second-order valence-electron chi connectivity index (χ2n) is 7.62. The zero-order valence-electron chi connectivity index (χ0n) is 17.0. The molecule has 0 unspecified atom stereocenters. The number of hydrogen-bond acceptors (Lipinski definition) is 3. The molecule has 150 valence electrons. The van der Waals surface area contributed by atoms with Gasteiger partial charge in [-0.3, -0.25) is 4.79 Å². The molecule has 0 saturated heterocycles. The number of rotatable bonds is 7. The van der Waals surface area contributed by atoms with Crippen LogP contribution in [0, 0.1) is 0 Å². The van der Waals surface area contributed by atoms with Crippen molar-refractivity contribution in [2.45, 2.75) is 32.6 Å². The van der Waals surface area contributed by atoms with Gasteiger partial charge in [0.25, 0.3) is 0 Å². The van der Waals surface area contributed by atoms with E-state index in [2.05, 4.69) is 36.7 Å². The first-order chi connectivity index (χ1) is 13.3. The highest BCUT2D eigenvalue weighted by Gasteiger charge is 2.13. The summed E-state index contributed by atoms with van der Waals surface area (Å²) >= 11 is 0. The highest BCUT2D eigenvalue weighted by atomic mass is 16.5. The first-order valence-corrected chi connectivity index (χ1v) is 9.31. The number of urea groups is 1. The molecule has 0 aromatic heterocycles. The van der Waals surface area contributed by atoms with Gasteiger partial charge in [-0.25, -0.2) is 4.79 Å². The minimum atomic E-state index is -0.312. The molecule has 6 heteroatoms. The van der Waals surface area contributed by atoms with Crippen molar-refractivity contribution in [3.05, 3.63) is 59.7 Å². The number of anilines is 2. The van der Waals surface area contributed by atoms with Crippen LogP contribution in [0.4, 0.5) is 16.2 Å². The molecule has 0 aliphatic carbocycles. The van der Waals surface area contributed by atoms with Gasteiger partial charge in [-0.15, -0.1) is 0 Å². The van der Waals surface area contributed by atoms with E-state index in [1.165, 1.54) is 5.56 Å². The summed E-state index contributed by atoms with van der Waals surface area (Å²) in [6, 6.07) is 14.7. The molecule has 0 radical (unpaired) electrons. The van der Waals surface area contributed by atoms with Crippen molar-refractivity contribution in [1.82, 2.24) is 5.32 Å². The van der Waals surface area contributed by atoms with E-state index in [-0.39, 0.29) is 23.8 Å². The Labute approximate surface area is 166 Å². The van der Waals surface area contributed by atoms with E-state index < -0.39 is 0 Å². The monoisotopic (exact) mass is 383 g/mol. The van der Waals surface area contributed by atoms with Crippen LogP contribution in [0.2, 0.25) is 0 Å². The van der Waals surface area contributed by atoms with Crippen molar-refractivity contribution < 1.29 is 14.3 Å². The Bertz CT molecular complexity index is 778. The summed E-state index contributed by atoms with van der Waals surface area (Å²) in [5, 5.41) is 8.38. The van der Waals surface area contributed by atoms with E-state index in [1.54, 1.807) is 19.2 Å². The summed E-state index contributed by atoms with van der Waals surface area (Å²) in [6.07, 6.45) is 0.288. The van der Waals surface area contributed by atoms with Gasteiger partial charge in [0, 0.05) is 25.0 Å². The predicted molar refractivity (Wildman–Crippen MR) is 113 cm³/mol. The number of carbonyl (C=O) groups is 2. The molecule has 0 heterocycles. The van der Waals surface area contributed by atoms with Crippen LogP contribution >= 0.6 is 0 Å². The van der Waals surface area contributed by atoms with Crippen molar-refractivity contribution in [1.29, 1.82) is 0 Å². The quantitative estimate of drug-likeness (QED) is 0.634. The summed E-state index contributed by atoms with van der Waals surface area (Å²) in [7, 11) is 1.59. The molecule has 0 aliphatic heterocycles. The zero-order valence-corrected chi connectivity index (χ0v) is 17.0. The van der Waals surface area contributed by atoms with Crippen molar-refractivity contribution in [3.63, 3.8) is 0 Å². The highest BCUT2D eigenvalue weighted by Crippen LogP contribution is 2.23. The van der Waals surface area contributed by atoms with Crippen LogP contribution < -0.4 is 16.0 Å². The molecule has 0 saturated carbocycles. The van der Waals surface area contributed by atoms with E-state index in [0.29, 0.717) is 18.8 Å². The molecule has 0 fully saturated rings. The second-order valence-corrected chi connectivity index (χ2v) is 7.62. The predicted octanol–water partition coefficient (Wildman–Crippen LogP) is 3.93. The lowest BCUT2D eigenvalue weighted by Gasteiger charge is -2.19. The fourth-order valence-electron chi connectivity index (χ4n) is 2.59. The molecule has 0 bridgehead atoms. The van der Waals surface area contributed by atoms with E-state index in [9.17, 15) is 9.59 Å². The van der Waals surface area contributed by atoms with Gasteiger partial charge < -0.3 is 20.7 Å². The molecule has 2 rings (SSSR count). The van der Waals surface area contributed by atoms with Crippen LogP contribution in [0.1, 0.15) is 31.9 Å². The third-order valence-electron chi connectivity index (χ3n) is 4.21. The standard InChI is InChI=1S/C22H29N3O3/c1-22(2,3)17-7-11-19(12-8-17)25-21(27)24-18-9-5-16(6-10-18)15-20(26)23-13-14-28-4/h5-12H,13-15H2,1-4H3,(H,23,26)(H2,24,25,27). The highest BCUT2D eigenvalue weighted by molar-refractivity contribution is 5.99. The van der Waals surface area contributed by atoms with Gasteiger partial charge in [0.05, 0.1) is 13.0 Å². The zero-order chi connectivity index (χ0) is 20.6. The number of amides is 3. The summed E-state index contributed by atoms with van der Waals surface area (Å²) in [4.78, 5) is 24.0. The van der Waals surface area contributed by atoms with E-state index in [4.69, 9.17) is 4.74 Å². The Morgan fingerprint density at radius 2 is 1.43 bits per heavy atom. The first kappa shape index (κ1) is 21.4. The normalized spacial score (nSPS) is 11.0. The Hall–Kier alpha value is -2.86. The number of methoxy groups -OCH3 is 1. The lowest BCUT2D eigenvalue weighted by atomic mass is 9.87. The SMILES string of the molecule is COCCNC(=O)Cc1ccc(NC(=O)Nc2ccc(C(C)(C)C)cc2)cc1. The number of ether oxygens (including phenoxy) is 1. The van der Waals surface area contributed by atoms with Crippen molar-refractivity contribution in [2.24, 2.45) is 0 Å². The Kier molecular flexibility index (Phi) is 7.58. The Balaban J connectivity index is 1.84. The molecule has 2 aromatic rings. The average Bonchev–Trinajstić information content (AvgIpc) is 2.63. The molecule has 0 spiro atoms.